The van der Waals surface area contributed by atoms with Gasteiger partial charge in [-0.25, -0.2) is 4.98 Å². The van der Waals surface area contributed by atoms with Crippen LogP contribution < -0.4 is 10.9 Å². The molecular formula is C13H19N3O3S. The predicted octanol–water partition coefficient (Wildman–Crippen LogP) is 1.09. The first-order valence-corrected chi connectivity index (χ1v) is 7.67. The second-order valence-corrected chi connectivity index (χ2v) is 6.08. The van der Waals surface area contributed by atoms with E-state index >= 15 is 0 Å². The first-order valence-electron chi connectivity index (χ1n) is 6.69. The maximum absolute atomic E-state index is 11.5. The van der Waals surface area contributed by atoms with Gasteiger partial charge in [0, 0.05) is 18.0 Å². The number of aromatic amines is 1. The molecular weight excluding hydrogens is 278 g/mol. The Morgan fingerprint density at radius 1 is 1.70 bits per heavy atom. The van der Waals surface area contributed by atoms with Gasteiger partial charge >= 0.3 is 5.97 Å². The van der Waals surface area contributed by atoms with Crippen molar-refractivity contribution in [3.8, 4) is 0 Å². The van der Waals surface area contributed by atoms with Crippen molar-refractivity contribution in [1.82, 2.24) is 15.3 Å². The zero-order valence-corrected chi connectivity index (χ0v) is 12.2. The van der Waals surface area contributed by atoms with E-state index in [1.807, 2.05) is 0 Å². The average Bonchev–Trinajstić information content (AvgIpc) is 2.83. The molecule has 2 rings (SSSR count). The minimum absolute atomic E-state index is 0.118. The van der Waals surface area contributed by atoms with Gasteiger partial charge in [0.1, 0.15) is 5.54 Å². The van der Waals surface area contributed by atoms with Gasteiger partial charge in [0.05, 0.1) is 0 Å². The molecule has 1 aliphatic carbocycles. The highest BCUT2D eigenvalue weighted by Gasteiger charge is 2.47. The highest BCUT2D eigenvalue weighted by atomic mass is 32.2. The molecule has 20 heavy (non-hydrogen) atoms. The third-order valence-corrected chi connectivity index (χ3v) is 4.92. The van der Waals surface area contributed by atoms with Crippen LogP contribution in [0.25, 0.3) is 0 Å². The predicted molar refractivity (Wildman–Crippen MR) is 77.0 cm³/mol. The van der Waals surface area contributed by atoms with Gasteiger partial charge in [-0.3, -0.25) is 9.59 Å². The molecule has 6 nitrogen and oxygen atoms in total. The Hall–Kier alpha value is -1.34. The van der Waals surface area contributed by atoms with E-state index < -0.39 is 11.5 Å². The summed E-state index contributed by atoms with van der Waals surface area (Å²) in [6.07, 6.45) is 4.80. The molecule has 2 unspecified atom stereocenters. The van der Waals surface area contributed by atoms with Crippen LogP contribution >= 0.6 is 11.8 Å². The van der Waals surface area contributed by atoms with Crippen LogP contribution in [0.5, 0.6) is 0 Å². The normalized spacial score (nSPS) is 25.8. The number of aromatic nitrogens is 2. The fourth-order valence-corrected chi connectivity index (χ4v) is 3.81. The van der Waals surface area contributed by atoms with E-state index in [0.29, 0.717) is 11.6 Å². The summed E-state index contributed by atoms with van der Waals surface area (Å²) < 4.78 is 0. The molecule has 110 valence electrons. The largest absolute Gasteiger partial charge is 0.480 e. The van der Waals surface area contributed by atoms with Gasteiger partial charge in [-0.1, -0.05) is 18.2 Å². The van der Waals surface area contributed by atoms with E-state index in [1.54, 1.807) is 7.05 Å². The fraction of sp³-hybridized carbons (Fsp3) is 0.615. The first kappa shape index (κ1) is 15.1. The molecule has 1 aromatic heterocycles. The lowest BCUT2D eigenvalue weighted by molar-refractivity contribution is -0.146. The third kappa shape index (κ3) is 3.04. The highest BCUT2D eigenvalue weighted by Crippen LogP contribution is 2.38. The minimum Gasteiger partial charge on any atom is -0.480 e. The van der Waals surface area contributed by atoms with Crippen LogP contribution in [0.2, 0.25) is 0 Å². The quantitative estimate of drug-likeness (QED) is 0.537. The number of H-pyrrole nitrogens is 1. The summed E-state index contributed by atoms with van der Waals surface area (Å²) >= 11 is 1.46. The minimum atomic E-state index is -0.794. The summed E-state index contributed by atoms with van der Waals surface area (Å²) in [7, 11) is 1.72. The molecule has 1 saturated carbocycles. The molecule has 3 N–H and O–H groups in total. The molecule has 7 heteroatoms. The molecule has 0 aliphatic heterocycles. The summed E-state index contributed by atoms with van der Waals surface area (Å²) in [4.78, 5) is 29.4. The van der Waals surface area contributed by atoms with Crippen molar-refractivity contribution in [2.45, 2.75) is 36.4 Å². The Morgan fingerprint density at radius 2 is 2.50 bits per heavy atom. The van der Waals surface area contributed by atoms with Crippen LogP contribution in [0.4, 0.5) is 0 Å². The van der Waals surface area contributed by atoms with E-state index in [-0.39, 0.29) is 11.5 Å². The van der Waals surface area contributed by atoms with Crippen LogP contribution in [0.15, 0.2) is 22.2 Å². The number of nitrogens with zero attached hydrogens (tertiary/aromatic N) is 1. The van der Waals surface area contributed by atoms with Crippen LogP contribution in [-0.4, -0.2) is 39.4 Å². The first-order chi connectivity index (χ1) is 9.58. The molecule has 0 amide bonds. The van der Waals surface area contributed by atoms with Crippen molar-refractivity contribution in [2.24, 2.45) is 5.92 Å². The Labute approximate surface area is 121 Å². The summed E-state index contributed by atoms with van der Waals surface area (Å²) in [6.45, 7) is 0. The van der Waals surface area contributed by atoms with Gasteiger partial charge < -0.3 is 15.4 Å². The van der Waals surface area contributed by atoms with Crippen molar-refractivity contribution < 1.29 is 9.90 Å². The molecule has 0 aromatic carbocycles. The molecule has 1 heterocycles. The molecule has 0 saturated heterocycles. The number of rotatable bonds is 6. The molecule has 1 aromatic rings. The topological polar surface area (TPSA) is 95.1 Å². The van der Waals surface area contributed by atoms with Crippen LogP contribution in [-0.2, 0) is 4.79 Å². The van der Waals surface area contributed by atoms with Crippen LogP contribution in [0.3, 0.4) is 0 Å². The number of carboxylic acids is 1. The van der Waals surface area contributed by atoms with E-state index in [2.05, 4.69) is 15.3 Å². The number of hydrogen-bond donors (Lipinski definition) is 3. The average molecular weight is 297 g/mol. The maximum Gasteiger partial charge on any atom is 0.324 e. The molecule has 1 fully saturated rings. The van der Waals surface area contributed by atoms with Gasteiger partial charge in [0.2, 0.25) is 0 Å². The van der Waals surface area contributed by atoms with Gasteiger partial charge in [-0.2, -0.15) is 0 Å². The van der Waals surface area contributed by atoms with Crippen LogP contribution in [0.1, 0.15) is 25.7 Å². The highest BCUT2D eigenvalue weighted by molar-refractivity contribution is 7.99. The molecule has 1 aliphatic rings. The van der Waals surface area contributed by atoms with Crippen molar-refractivity contribution in [3.63, 3.8) is 0 Å². The summed E-state index contributed by atoms with van der Waals surface area (Å²) in [5.41, 5.74) is -0.962. The molecule has 0 bridgehead atoms. The van der Waals surface area contributed by atoms with Gasteiger partial charge in [0.15, 0.2) is 5.16 Å². The molecule has 0 radical (unpaired) electrons. The lowest BCUT2D eigenvalue weighted by Gasteiger charge is -2.30. The Balaban J connectivity index is 1.93. The second-order valence-electron chi connectivity index (χ2n) is 4.99. The van der Waals surface area contributed by atoms with Crippen LogP contribution in [0, 0.1) is 5.92 Å². The second kappa shape index (κ2) is 6.41. The summed E-state index contributed by atoms with van der Waals surface area (Å²) in [5, 5.41) is 13.0. The third-order valence-electron chi connectivity index (χ3n) is 4.00. The Kier molecular flexibility index (Phi) is 4.82. The summed E-state index contributed by atoms with van der Waals surface area (Å²) in [5.74, 6) is 0.0978. The van der Waals surface area contributed by atoms with Crippen molar-refractivity contribution >= 4 is 17.7 Å². The number of hydrogen-bond acceptors (Lipinski definition) is 5. The number of likely N-dealkylation sites (N-methyl/N-ethyl adjacent to an activating group) is 1. The zero-order chi connectivity index (χ0) is 14.6. The van der Waals surface area contributed by atoms with Crippen molar-refractivity contribution in [2.75, 3.05) is 12.8 Å². The van der Waals surface area contributed by atoms with Crippen molar-refractivity contribution in [1.29, 1.82) is 0 Å². The Bertz CT molecular complexity index is 534. The molecule has 0 spiro atoms. The lowest BCUT2D eigenvalue weighted by atomic mass is 9.85. The smallest absolute Gasteiger partial charge is 0.324 e. The van der Waals surface area contributed by atoms with E-state index in [9.17, 15) is 14.7 Å². The number of carbonyl (C=O) groups is 1. The number of nitrogens with one attached hydrogen (secondary N) is 2. The monoisotopic (exact) mass is 297 g/mol. The number of thioether (sulfide) groups is 1. The van der Waals surface area contributed by atoms with Gasteiger partial charge in [-0.05, 0) is 32.2 Å². The van der Waals surface area contributed by atoms with Gasteiger partial charge in [0.25, 0.3) is 5.56 Å². The van der Waals surface area contributed by atoms with Gasteiger partial charge in [-0.15, -0.1) is 0 Å². The number of aliphatic carboxylic acids is 1. The summed E-state index contributed by atoms with van der Waals surface area (Å²) in [6, 6.07) is 1.37. The molecule has 2 atom stereocenters. The maximum atomic E-state index is 11.5. The Morgan fingerprint density at radius 3 is 3.15 bits per heavy atom. The lowest BCUT2D eigenvalue weighted by Crippen LogP contribution is -2.53. The SMILES string of the molecule is CNC1(C(=O)O)CCCC1CCSc1nccc(=O)[nH]1. The number of carboxylic acid groups (broad SMARTS) is 1. The standard InChI is InChI=1S/C13H19N3O3S/c1-14-13(11(18)19)6-2-3-9(13)5-8-20-12-15-7-4-10(17)16-12/h4,7,9,14H,2-3,5-6,8H2,1H3,(H,18,19)(H,15,16,17). The van der Waals surface area contributed by atoms with E-state index in [4.69, 9.17) is 0 Å². The van der Waals surface area contributed by atoms with E-state index in [1.165, 1.54) is 24.0 Å². The zero-order valence-electron chi connectivity index (χ0n) is 11.4. The van der Waals surface area contributed by atoms with Crippen molar-refractivity contribution in [3.05, 3.63) is 22.6 Å². The fourth-order valence-electron chi connectivity index (χ4n) is 2.91. The van der Waals surface area contributed by atoms with E-state index in [0.717, 1.165) is 25.0 Å².